The monoisotopic (exact) mass is 623 g/mol. The normalized spacial score (nSPS) is 16.1. The molecule has 1 heteroatoms. The van der Waals surface area contributed by atoms with Gasteiger partial charge in [0.05, 0.1) is 5.41 Å². The third-order valence-corrected chi connectivity index (χ3v) is 10.9. The van der Waals surface area contributed by atoms with Crippen LogP contribution >= 0.6 is 0 Å². The van der Waals surface area contributed by atoms with Crippen molar-refractivity contribution in [1.82, 2.24) is 0 Å². The van der Waals surface area contributed by atoms with Gasteiger partial charge in [0.1, 0.15) is 0 Å². The molecule has 1 atom stereocenters. The van der Waals surface area contributed by atoms with Gasteiger partial charge < -0.3 is 4.90 Å². The predicted molar refractivity (Wildman–Crippen MR) is 206 cm³/mol. The Bertz CT molecular complexity index is 2580. The summed E-state index contributed by atoms with van der Waals surface area (Å²) >= 11 is 0. The molecule has 1 spiro atoms. The Kier molecular flexibility index (Phi) is 5.92. The van der Waals surface area contributed by atoms with Crippen molar-refractivity contribution in [2.45, 2.75) is 12.3 Å². The molecule has 7 aromatic rings. The van der Waals surface area contributed by atoms with Crippen LogP contribution in [0.5, 0.6) is 0 Å². The second-order valence-corrected chi connectivity index (χ2v) is 13.2. The van der Waals surface area contributed by atoms with Gasteiger partial charge >= 0.3 is 0 Å². The molecule has 0 fully saturated rings. The zero-order chi connectivity index (χ0) is 32.7. The van der Waals surface area contributed by atoms with Gasteiger partial charge in [0.15, 0.2) is 0 Å². The van der Waals surface area contributed by atoms with Crippen LogP contribution in [0.1, 0.15) is 29.2 Å². The first-order valence-electron chi connectivity index (χ1n) is 17.1. The lowest BCUT2D eigenvalue weighted by atomic mass is 9.70. The van der Waals surface area contributed by atoms with E-state index in [0.717, 1.165) is 17.1 Å². The quantitative estimate of drug-likeness (QED) is 0.172. The molecule has 0 radical (unpaired) electrons. The lowest BCUT2D eigenvalue weighted by Crippen LogP contribution is -2.26. The fourth-order valence-corrected chi connectivity index (χ4v) is 9.11. The van der Waals surface area contributed by atoms with Crippen LogP contribution in [0.4, 0.5) is 11.4 Å². The number of nitrogens with zero attached hydrogens (tertiary/aromatic N) is 1. The molecule has 0 aliphatic heterocycles. The molecule has 0 N–H and O–H groups in total. The van der Waals surface area contributed by atoms with Crippen LogP contribution in [-0.4, -0.2) is 0 Å². The highest BCUT2D eigenvalue weighted by Gasteiger charge is 2.52. The molecule has 7 aromatic carbocycles. The molecule has 3 aliphatic carbocycles. The van der Waals surface area contributed by atoms with Crippen molar-refractivity contribution in [3.63, 3.8) is 0 Å². The lowest BCUT2D eigenvalue weighted by molar-refractivity contribution is 0.794. The second kappa shape index (κ2) is 10.4. The Labute approximate surface area is 287 Å². The van der Waals surface area contributed by atoms with E-state index in [4.69, 9.17) is 0 Å². The summed E-state index contributed by atoms with van der Waals surface area (Å²) in [4.78, 5) is 2.36. The van der Waals surface area contributed by atoms with E-state index < -0.39 is 5.41 Å². The molecular formula is C48H33N. The fourth-order valence-electron chi connectivity index (χ4n) is 9.11. The molecule has 1 nitrogen and oxygen atoms in total. The van der Waals surface area contributed by atoms with E-state index in [-0.39, 0.29) is 0 Å². The highest BCUT2D eigenvalue weighted by molar-refractivity contribution is 6.21. The van der Waals surface area contributed by atoms with Crippen LogP contribution in [0.25, 0.3) is 55.3 Å². The Morgan fingerprint density at radius 1 is 0.531 bits per heavy atom. The number of benzene rings is 7. The average molecular weight is 624 g/mol. The van der Waals surface area contributed by atoms with Crippen molar-refractivity contribution in [2.75, 3.05) is 4.90 Å². The molecule has 0 saturated carbocycles. The molecule has 0 saturated heterocycles. The molecular weight excluding hydrogens is 591 g/mol. The van der Waals surface area contributed by atoms with E-state index in [9.17, 15) is 0 Å². The van der Waals surface area contributed by atoms with Gasteiger partial charge in [-0.3, -0.25) is 0 Å². The lowest BCUT2D eigenvalue weighted by Gasteiger charge is -2.32. The van der Waals surface area contributed by atoms with E-state index in [2.05, 4.69) is 176 Å². The number of fused-ring (bicyclic) bond motifs is 14. The molecule has 1 unspecified atom stereocenters. The zero-order valence-electron chi connectivity index (χ0n) is 27.3. The zero-order valence-corrected chi connectivity index (χ0v) is 27.3. The number of hydrogen-bond donors (Lipinski definition) is 0. The molecule has 49 heavy (non-hydrogen) atoms. The molecule has 0 bridgehead atoms. The smallest absolute Gasteiger partial charge is 0.0726 e. The van der Waals surface area contributed by atoms with Gasteiger partial charge in [-0.2, -0.15) is 0 Å². The largest absolute Gasteiger partial charge is 0.311 e. The highest BCUT2D eigenvalue weighted by Crippen LogP contribution is 2.66. The fraction of sp³-hybridized carbons (Fsp3) is 0.0417. The summed E-state index contributed by atoms with van der Waals surface area (Å²) in [6.07, 6.45) is 8.17. The minimum atomic E-state index is -0.471. The van der Waals surface area contributed by atoms with Gasteiger partial charge in [0.2, 0.25) is 0 Å². The van der Waals surface area contributed by atoms with Crippen molar-refractivity contribution in [3.05, 3.63) is 204 Å². The van der Waals surface area contributed by atoms with Gasteiger partial charge in [0, 0.05) is 17.1 Å². The Morgan fingerprint density at radius 3 is 1.92 bits per heavy atom. The van der Waals surface area contributed by atoms with E-state index in [1.165, 1.54) is 77.5 Å². The summed E-state index contributed by atoms with van der Waals surface area (Å²) in [5.74, 6) is 0. The van der Waals surface area contributed by atoms with Crippen molar-refractivity contribution in [1.29, 1.82) is 0 Å². The Hall–Kier alpha value is -6.18. The van der Waals surface area contributed by atoms with Gasteiger partial charge in [-0.05, 0) is 121 Å². The standard InChI is InChI=1S/C48H33N/c1-3-5-16-31(4-2)49(32-17-7-6-8-18-32)33-27-28-37-36-21-11-13-25-42(36)48(44(37)29-33)43-26-14-12-22-39(43)47-40-24-15-23-38-34-19-9-10-20-35(34)41(46(38)40)30-45(47)48/h3-30H,1H2,2H3/b16-5-,31-4+. The van der Waals surface area contributed by atoms with Gasteiger partial charge in [0.25, 0.3) is 0 Å². The number of allylic oxidation sites excluding steroid dienone is 4. The second-order valence-electron chi connectivity index (χ2n) is 13.2. The van der Waals surface area contributed by atoms with Crippen LogP contribution < -0.4 is 4.90 Å². The Balaban J connectivity index is 1.33. The summed E-state index contributed by atoms with van der Waals surface area (Å²) in [7, 11) is 0. The summed E-state index contributed by atoms with van der Waals surface area (Å²) in [5, 5.41) is 2.71. The number of para-hydroxylation sites is 1. The number of rotatable bonds is 5. The summed E-state index contributed by atoms with van der Waals surface area (Å²) in [5.41, 5.74) is 18.9. The molecule has 0 amide bonds. The SMILES string of the molecule is C=C/C=C\C(=C/C)N(c1ccccc1)c1ccc2c(c1)C1(c3ccccc3-2)c2ccccc2-c2c1cc1c3c(cccc23)-c2ccccc2-1. The van der Waals surface area contributed by atoms with Crippen molar-refractivity contribution in [2.24, 2.45) is 0 Å². The van der Waals surface area contributed by atoms with Crippen LogP contribution in [0.15, 0.2) is 182 Å². The topological polar surface area (TPSA) is 3.24 Å². The van der Waals surface area contributed by atoms with Crippen LogP contribution in [0, 0.1) is 0 Å². The highest BCUT2D eigenvalue weighted by atomic mass is 15.1. The van der Waals surface area contributed by atoms with Gasteiger partial charge in [-0.1, -0.05) is 140 Å². The van der Waals surface area contributed by atoms with Gasteiger partial charge in [-0.15, -0.1) is 0 Å². The minimum Gasteiger partial charge on any atom is -0.311 e. The number of hydrogen-bond acceptors (Lipinski definition) is 1. The minimum absolute atomic E-state index is 0.471. The van der Waals surface area contributed by atoms with Gasteiger partial charge in [-0.25, -0.2) is 0 Å². The Morgan fingerprint density at radius 2 is 1.16 bits per heavy atom. The summed E-state index contributed by atoms with van der Waals surface area (Å²) in [6, 6.07) is 54.4. The number of anilines is 2. The average Bonchev–Trinajstić information content (AvgIpc) is 3.76. The van der Waals surface area contributed by atoms with Crippen LogP contribution in [-0.2, 0) is 5.41 Å². The van der Waals surface area contributed by atoms with E-state index in [1.54, 1.807) is 0 Å². The first-order valence-corrected chi connectivity index (χ1v) is 17.1. The molecule has 10 rings (SSSR count). The third kappa shape index (κ3) is 3.59. The third-order valence-electron chi connectivity index (χ3n) is 10.9. The van der Waals surface area contributed by atoms with E-state index in [1.807, 2.05) is 12.2 Å². The first-order chi connectivity index (χ1) is 24.3. The van der Waals surface area contributed by atoms with Crippen LogP contribution in [0.3, 0.4) is 0 Å². The summed E-state index contributed by atoms with van der Waals surface area (Å²) in [6.45, 7) is 6.06. The molecule has 3 aliphatic rings. The van der Waals surface area contributed by atoms with E-state index >= 15 is 0 Å². The van der Waals surface area contributed by atoms with Crippen molar-refractivity contribution in [3.8, 4) is 44.5 Å². The maximum atomic E-state index is 3.95. The molecule has 0 aromatic heterocycles. The molecule has 230 valence electrons. The molecule has 0 heterocycles. The van der Waals surface area contributed by atoms with Crippen molar-refractivity contribution < 1.29 is 0 Å². The maximum absolute atomic E-state index is 3.95. The maximum Gasteiger partial charge on any atom is 0.0726 e. The van der Waals surface area contributed by atoms with Crippen molar-refractivity contribution >= 4 is 22.1 Å². The predicted octanol–water partition coefficient (Wildman–Crippen LogP) is 12.6. The first kappa shape index (κ1) is 27.9. The summed E-state index contributed by atoms with van der Waals surface area (Å²) < 4.78 is 0. The van der Waals surface area contributed by atoms with Crippen LogP contribution in [0.2, 0.25) is 0 Å². The van der Waals surface area contributed by atoms with E-state index in [0.29, 0.717) is 0 Å².